The number of hydrogen-bond acceptors (Lipinski definition) is 4. The number of fused-ring (bicyclic) bond motifs is 1. The highest BCUT2D eigenvalue weighted by Gasteiger charge is 2.34. The molecule has 0 saturated carbocycles. The zero-order valence-electron chi connectivity index (χ0n) is 16.8. The summed E-state index contributed by atoms with van der Waals surface area (Å²) in [5.41, 5.74) is 3.10. The number of para-hydroxylation sites is 2. The third-order valence-electron chi connectivity index (χ3n) is 6.06. The fourth-order valence-corrected chi connectivity index (χ4v) is 4.72. The van der Waals surface area contributed by atoms with Crippen molar-refractivity contribution in [2.75, 3.05) is 44.3 Å². The van der Waals surface area contributed by atoms with Crippen molar-refractivity contribution in [2.45, 2.75) is 18.9 Å². The Morgan fingerprint density at radius 3 is 2.60 bits per heavy atom. The molecule has 0 bridgehead atoms. The Labute approximate surface area is 184 Å². The number of carbonyl (C=O) groups excluding carboxylic acids is 1. The molecular formula is C23H25BrN4O2. The SMILES string of the molecule is O=C1C[C@@H](c2nc3ccccc3n2CCN2CCOCC2)CN1c1ccc(Br)cc1. The molecule has 3 heterocycles. The molecule has 5 rings (SSSR count). The predicted molar refractivity (Wildman–Crippen MR) is 121 cm³/mol. The van der Waals surface area contributed by atoms with Crippen molar-refractivity contribution in [1.82, 2.24) is 14.5 Å². The van der Waals surface area contributed by atoms with Gasteiger partial charge in [-0.25, -0.2) is 4.98 Å². The van der Waals surface area contributed by atoms with Crippen molar-refractivity contribution in [2.24, 2.45) is 0 Å². The second-order valence-electron chi connectivity index (χ2n) is 7.95. The highest BCUT2D eigenvalue weighted by molar-refractivity contribution is 9.10. The predicted octanol–water partition coefficient (Wildman–Crippen LogP) is 3.65. The summed E-state index contributed by atoms with van der Waals surface area (Å²) >= 11 is 3.47. The fourth-order valence-electron chi connectivity index (χ4n) is 4.46. The topological polar surface area (TPSA) is 50.6 Å². The summed E-state index contributed by atoms with van der Waals surface area (Å²) in [5, 5.41) is 0. The molecule has 1 aromatic heterocycles. The number of nitrogens with zero attached hydrogens (tertiary/aromatic N) is 4. The zero-order chi connectivity index (χ0) is 20.5. The van der Waals surface area contributed by atoms with Gasteiger partial charge in [-0.1, -0.05) is 28.1 Å². The van der Waals surface area contributed by atoms with Crippen molar-refractivity contribution < 1.29 is 9.53 Å². The van der Waals surface area contributed by atoms with Gasteiger partial charge in [0, 0.05) is 55.2 Å². The van der Waals surface area contributed by atoms with E-state index in [0.717, 1.165) is 66.4 Å². The number of carbonyl (C=O) groups is 1. The number of ether oxygens (including phenoxy) is 1. The van der Waals surface area contributed by atoms with Gasteiger partial charge in [-0.15, -0.1) is 0 Å². The first-order valence-corrected chi connectivity index (χ1v) is 11.3. The van der Waals surface area contributed by atoms with Gasteiger partial charge >= 0.3 is 0 Å². The lowest BCUT2D eigenvalue weighted by atomic mass is 10.1. The summed E-state index contributed by atoms with van der Waals surface area (Å²) in [6, 6.07) is 16.2. The molecule has 2 saturated heterocycles. The van der Waals surface area contributed by atoms with E-state index >= 15 is 0 Å². The van der Waals surface area contributed by atoms with Crippen LogP contribution in [0.3, 0.4) is 0 Å². The first-order valence-electron chi connectivity index (χ1n) is 10.5. The standard InChI is InChI=1S/C23H25BrN4O2/c24-18-5-7-19(8-6-18)28-16-17(15-22(28)29)23-25-20-3-1-2-4-21(20)27(23)10-9-26-11-13-30-14-12-26/h1-8,17H,9-16H2/t17-/m1/s1. The lowest BCUT2D eigenvalue weighted by Gasteiger charge is -2.27. The first-order chi connectivity index (χ1) is 14.7. The summed E-state index contributed by atoms with van der Waals surface area (Å²) in [7, 11) is 0. The van der Waals surface area contributed by atoms with Crippen LogP contribution < -0.4 is 4.90 Å². The highest BCUT2D eigenvalue weighted by Crippen LogP contribution is 2.33. The molecule has 0 aliphatic carbocycles. The molecule has 2 aliphatic rings. The van der Waals surface area contributed by atoms with Gasteiger partial charge in [0.1, 0.15) is 5.82 Å². The van der Waals surface area contributed by atoms with Gasteiger partial charge < -0.3 is 14.2 Å². The number of amides is 1. The van der Waals surface area contributed by atoms with E-state index < -0.39 is 0 Å². The first kappa shape index (κ1) is 19.7. The molecule has 0 unspecified atom stereocenters. The smallest absolute Gasteiger partial charge is 0.227 e. The van der Waals surface area contributed by atoms with Crippen molar-refractivity contribution in [3.05, 3.63) is 58.8 Å². The molecule has 1 amide bonds. The van der Waals surface area contributed by atoms with Crippen LogP contribution in [0.15, 0.2) is 53.0 Å². The molecule has 1 atom stereocenters. The third kappa shape index (κ3) is 3.89. The number of morpholine rings is 1. The van der Waals surface area contributed by atoms with Gasteiger partial charge in [-0.05, 0) is 36.4 Å². The Bertz CT molecular complexity index is 1040. The van der Waals surface area contributed by atoms with Gasteiger partial charge in [0.2, 0.25) is 5.91 Å². The lowest BCUT2D eigenvalue weighted by molar-refractivity contribution is -0.117. The average molecular weight is 469 g/mol. The van der Waals surface area contributed by atoms with E-state index in [-0.39, 0.29) is 11.8 Å². The van der Waals surface area contributed by atoms with Crippen LogP contribution in [-0.2, 0) is 16.1 Å². The van der Waals surface area contributed by atoms with Gasteiger partial charge in [-0.3, -0.25) is 9.69 Å². The van der Waals surface area contributed by atoms with Crippen LogP contribution in [-0.4, -0.2) is 59.8 Å². The normalized spacial score (nSPS) is 20.4. The van der Waals surface area contributed by atoms with Crippen molar-refractivity contribution in [3.8, 4) is 0 Å². The molecule has 0 spiro atoms. The fraction of sp³-hybridized carbons (Fsp3) is 0.391. The van der Waals surface area contributed by atoms with Crippen LogP contribution in [0.2, 0.25) is 0 Å². The lowest BCUT2D eigenvalue weighted by Crippen LogP contribution is -2.38. The van der Waals surface area contributed by atoms with Gasteiger partial charge in [0.25, 0.3) is 0 Å². The quantitative estimate of drug-likeness (QED) is 0.573. The van der Waals surface area contributed by atoms with Crippen molar-refractivity contribution >= 4 is 38.6 Å². The highest BCUT2D eigenvalue weighted by atomic mass is 79.9. The Kier molecular flexibility index (Phi) is 5.58. The van der Waals surface area contributed by atoms with Gasteiger partial charge in [0.15, 0.2) is 0 Å². The van der Waals surface area contributed by atoms with E-state index in [1.807, 2.05) is 35.2 Å². The average Bonchev–Trinajstić information content (AvgIpc) is 3.34. The molecular weight excluding hydrogens is 444 g/mol. The van der Waals surface area contributed by atoms with Crippen LogP contribution in [0, 0.1) is 0 Å². The number of halogens is 1. The number of rotatable bonds is 5. The Morgan fingerprint density at radius 2 is 1.80 bits per heavy atom. The van der Waals surface area contributed by atoms with Crippen LogP contribution in [0.4, 0.5) is 5.69 Å². The van der Waals surface area contributed by atoms with Crippen LogP contribution in [0.5, 0.6) is 0 Å². The molecule has 2 aliphatic heterocycles. The zero-order valence-corrected chi connectivity index (χ0v) is 18.4. The largest absolute Gasteiger partial charge is 0.379 e. The summed E-state index contributed by atoms with van der Waals surface area (Å²) < 4.78 is 8.82. The number of imidazole rings is 1. The third-order valence-corrected chi connectivity index (χ3v) is 6.58. The van der Waals surface area contributed by atoms with Gasteiger partial charge in [0.05, 0.1) is 24.2 Å². The van der Waals surface area contributed by atoms with Crippen LogP contribution in [0.25, 0.3) is 11.0 Å². The molecule has 0 radical (unpaired) electrons. The maximum Gasteiger partial charge on any atom is 0.227 e. The Morgan fingerprint density at radius 1 is 1.03 bits per heavy atom. The summed E-state index contributed by atoms with van der Waals surface area (Å²) in [6.45, 7) is 6.06. The maximum absolute atomic E-state index is 12.8. The van der Waals surface area contributed by atoms with Crippen LogP contribution in [0.1, 0.15) is 18.2 Å². The molecule has 6 nitrogen and oxygen atoms in total. The molecule has 0 N–H and O–H groups in total. The second-order valence-corrected chi connectivity index (χ2v) is 8.86. The van der Waals surface area contributed by atoms with E-state index in [9.17, 15) is 4.79 Å². The Balaban J connectivity index is 1.42. The number of benzene rings is 2. The van der Waals surface area contributed by atoms with E-state index in [1.165, 1.54) is 0 Å². The minimum Gasteiger partial charge on any atom is -0.379 e. The van der Waals surface area contributed by atoms with Crippen molar-refractivity contribution in [1.29, 1.82) is 0 Å². The Hall–Kier alpha value is -2.22. The van der Waals surface area contributed by atoms with E-state index in [0.29, 0.717) is 13.0 Å². The molecule has 2 fully saturated rings. The summed E-state index contributed by atoms with van der Waals surface area (Å²) in [4.78, 5) is 22.1. The number of aromatic nitrogens is 2. The number of anilines is 1. The summed E-state index contributed by atoms with van der Waals surface area (Å²) in [6.07, 6.45) is 0.497. The second kappa shape index (κ2) is 8.49. The maximum atomic E-state index is 12.8. The molecule has 3 aromatic rings. The minimum atomic E-state index is 0.0956. The van der Waals surface area contributed by atoms with Gasteiger partial charge in [-0.2, -0.15) is 0 Å². The molecule has 2 aromatic carbocycles. The molecule has 30 heavy (non-hydrogen) atoms. The van der Waals surface area contributed by atoms with Crippen molar-refractivity contribution in [3.63, 3.8) is 0 Å². The van der Waals surface area contributed by atoms with Crippen LogP contribution >= 0.6 is 15.9 Å². The molecule has 7 heteroatoms. The van der Waals surface area contributed by atoms with E-state index in [2.05, 4.69) is 43.6 Å². The minimum absolute atomic E-state index is 0.0956. The molecule has 156 valence electrons. The number of hydrogen-bond donors (Lipinski definition) is 0. The van der Waals surface area contributed by atoms with E-state index in [1.54, 1.807) is 0 Å². The summed E-state index contributed by atoms with van der Waals surface area (Å²) in [5.74, 6) is 1.28. The van der Waals surface area contributed by atoms with E-state index in [4.69, 9.17) is 9.72 Å². The monoisotopic (exact) mass is 468 g/mol.